The zero-order valence-corrected chi connectivity index (χ0v) is 36.5. The second kappa shape index (κ2) is 13.9. The minimum absolute atomic E-state index is 0.754. The maximum Gasteiger partial charge on any atom is 0.233 e. The van der Waals surface area contributed by atoms with Crippen LogP contribution in [0.15, 0.2) is 220 Å². The molecule has 304 valence electrons. The van der Waals surface area contributed by atoms with E-state index in [1.54, 1.807) is 0 Å². The Morgan fingerprint density at radius 3 is 1.34 bits per heavy atom. The van der Waals surface area contributed by atoms with Crippen molar-refractivity contribution in [1.82, 2.24) is 9.97 Å². The van der Waals surface area contributed by atoms with Crippen molar-refractivity contribution in [3.05, 3.63) is 207 Å². The third-order valence-corrected chi connectivity index (χ3v) is 19.0. The van der Waals surface area contributed by atoms with Crippen LogP contribution < -0.4 is 21.0 Å². The quantitative estimate of drug-likeness (QED) is 0.156. The summed E-state index contributed by atoms with van der Waals surface area (Å²) in [4.78, 5) is 10.8. The van der Waals surface area contributed by atoms with Crippen LogP contribution in [0.2, 0.25) is 0 Å². The topological polar surface area (TPSA) is 65.2 Å². The first kappa shape index (κ1) is 36.4. The second-order valence-electron chi connectivity index (χ2n) is 16.8. The Hall–Kier alpha value is -8.10. The summed E-state index contributed by atoms with van der Waals surface area (Å²) in [5.41, 5.74) is 9.40. The van der Waals surface area contributed by atoms with Crippen molar-refractivity contribution in [3.63, 3.8) is 0 Å². The van der Waals surface area contributed by atoms with Crippen LogP contribution in [0.5, 0.6) is 0 Å². The van der Waals surface area contributed by atoms with Gasteiger partial charge in [-0.15, -0.1) is 11.3 Å². The Morgan fingerprint density at radius 1 is 0.323 bits per heavy atom. The van der Waals surface area contributed by atoms with Gasteiger partial charge in [-0.2, -0.15) is 0 Å². The minimum Gasteiger partial charge on any atom is -0.456 e. The number of aromatic nitrogens is 2. The SMILES string of the molecule is c1ccc([Si](c2ccccc2)(c2nccc3c2oc2ccc(-c4ccc5oc6ccccc6c5c4)cc23)c2nccc3c2oc2ccc(-c4ccc5sc6ccccc6c5c4)cc23)cc1. The molecule has 0 aliphatic rings. The molecule has 0 N–H and O–H groups in total. The van der Waals surface area contributed by atoms with E-state index in [9.17, 15) is 0 Å². The van der Waals surface area contributed by atoms with Crippen molar-refractivity contribution < 1.29 is 13.3 Å². The Balaban J connectivity index is 0.993. The summed E-state index contributed by atoms with van der Waals surface area (Å²) in [6.07, 6.45) is 3.89. The predicted molar refractivity (Wildman–Crippen MR) is 271 cm³/mol. The zero-order valence-electron chi connectivity index (χ0n) is 34.7. The van der Waals surface area contributed by atoms with Crippen LogP contribution in [0.3, 0.4) is 0 Å². The summed E-state index contributed by atoms with van der Waals surface area (Å²) in [6, 6.07) is 68.8. The molecule has 7 heteroatoms. The Labute approximate surface area is 376 Å². The molecule has 0 bridgehead atoms. The molecule has 0 aliphatic heterocycles. The first-order chi connectivity index (χ1) is 32.2. The molecule has 0 spiro atoms. The number of rotatable bonds is 6. The number of hydrogen-bond acceptors (Lipinski definition) is 6. The molecule has 14 aromatic rings. The molecule has 6 heterocycles. The van der Waals surface area contributed by atoms with E-state index in [1.165, 1.54) is 25.7 Å². The first-order valence-electron chi connectivity index (χ1n) is 21.8. The minimum atomic E-state index is -3.43. The predicted octanol–water partition coefficient (Wildman–Crippen LogP) is 13.3. The number of para-hydroxylation sites is 1. The van der Waals surface area contributed by atoms with Gasteiger partial charge in [0.25, 0.3) is 0 Å². The molecule has 0 saturated heterocycles. The van der Waals surface area contributed by atoms with E-state index in [0.29, 0.717) is 0 Å². The molecule has 14 rings (SSSR count). The smallest absolute Gasteiger partial charge is 0.233 e. The van der Waals surface area contributed by atoms with Gasteiger partial charge in [-0.1, -0.05) is 121 Å². The standard InChI is InChI=1S/C58H34N2O3SSi/c1-3-11-39(12-4-1)65(40-13-5-2-6-14-40,57-55-43(27-29-59-57)46-32-36(20-24-51(46)62-55)35-19-23-50-45(31-35)41-15-7-9-17-49(41)61-50)58-56-44(28-30-60-58)47-33-37(21-25-52(47)63-56)38-22-26-54-48(34-38)42-16-8-10-18-53(42)64-54/h1-34H. The number of furan rings is 3. The van der Waals surface area contributed by atoms with Crippen LogP contribution in [0.25, 0.3) is 108 Å². The lowest BCUT2D eigenvalue weighted by atomic mass is 10.0. The van der Waals surface area contributed by atoms with Crippen molar-refractivity contribution in [2.45, 2.75) is 0 Å². The lowest BCUT2D eigenvalue weighted by Crippen LogP contribution is -2.76. The molecular weight excluding hydrogens is 833 g/mol. The zero-order chi connectivity index (χ0) is 42.6. The second-order valence-corrected chi connectivity index (χ2v) is 21.5. The van der Waals surface area contributed by atoms with Gasteiger partial charge in [-0.25, -0.2) is 0 Å². The highest BCUT2D eigenvalue weighted by molar-refractivity contribution is 7.25. The summed E-state index contributed by atoms with van der Waals surface area (Å²) in [6.45, 7) is 0. The van der Waals surface area contributed by atoms with Crippen LogP contribution in [-0.2, 0) is 0 Å². The van der Waals surface area contributed by atoms with Gasteiger partial charge in [-0.3, -0.25) is 9.97 Å². The monoisotopic (exact) mass is 866 g/mol. The lowest BCUT2D eigenvalue weighted by Gasteiger charge is -2.31. The molecule has 0 atom stereocenters. The molecule has 65 heavy (non-hydrogen) atoms. The van der Waals surface area contributed by atoms with E-state index in [4.69, 9.17) is 23.2 Å². The average molecular weight is 867 g/mol. The molecule has 5 nitrogen and oxygen atoms in total. The molecular formula is C58H34N2O3SSi. The summed E-state index contributed by atoms with van der Waals surface area (Å²) < 4.78 is 22.9. The van der Waals surface area contributed by atoms with Crippen LogP contribution in [-0.4, -0.2) is 18.0 Å². The Bertz CT molecular complexity index is 3930. The maximum atomic E-state index is 7.06. The largest absolute Gasteiger partial charge is 0.456 e. The third-order valence-electron chi connectivity index (χ3n) is 13.3. The number of nitrogens with zero attached hydrogens (tertiary/aromatic N) is 2. The van der Waals surface area contributed by atoms with E-state index in [2.05, 4.69) is 182 Å². The summed E-state index contributed by atoms with van der Waals surface area (Å²) in [5.74, 6) is 0. The highest BCUT2D eigenvalue weighted by atomic mass is 32.1. The van der Waals surface area contributed by atoms with Gasteiger partial charge in [0.1, 0.15) is 22.3 Å². The fourth-order valence-electron chi connectivity index (χ4n) is 10.3. The van der Waals surface area contributed by atoms with E-state index in [0.717, 1.165) is 104 Å². The molecule has 0 fully saturated rings. The van der Waals surface area contributed by atoms with Crippen molar-refractivity contribution in [2.24, 2.45) is 0 Å². The fraction of sp³-hybridized carbons (Fsp3) is 0. The highest BCUT2D eigenvalue weighted by Gasteiger charge is 2.49. The summed E-state index contributed by atoms with van der Waals surface area (Å²) >= 11 is 1.84. The molecule has 0 saturated carbocycles. The number of benzene rings is 8. The molecule has 6 aromatic heterocycles. The lowest BCUT2D eigenvalue weighted by molar-refractivity contribution is 0.668. The van der Waals surface area contributed by atoms with Gasteiger partial charge in [0.05, 0.1) is 10.6 Å². The van der Waals surface area contributed by atoms with Gasteiger partial charge in [-0.05, 0) is 105 Å². The van der Waals surface area contributed by atoms with Gasteiger partial charge in [0.2, 0.25) is 8.07 Å². The third kappa shape index (κ3) is 5.37. The van der Waals surface area contributed by atoms with Gasteiger partial charge in [0.15, 0.2) is 11.2 Å². The van der Waals surface area contributed by atoms with Crippen LogP contribution in [0.1, 0.15) is 0 Å². The average Bonchev–Trinajstić information content (AvgIpc) is 4.15. The number of pyridine rings is 2. The molecule has 0 amide bonds. The van der Waals surface area contributed by atoms with Crippen LogP contribution in [0, 0.1) is 0 Å². The molecule has 0 unspecified atom stereocenters. The molecule has 8 aromatic carbocycles. The van der Waals surface area contributed by atoms with Crippen molar-refractivity contribution in [3.8, 4) is 22.3 Å². The van der Waals surface area contributed by atoms with Crippen LogP contribution in [0.4, 0.5) is 0 Å². The Kier molecular flexibility index (Phi) is 7.81. The fourth-order valence-corrected chi connectivity index (χ4v) is 16.0. The summed E-state index contributed by atoms with van der Waals surface area (Å²) in [7, 11) is -3.43. The normalized spacial score (nSPS) is 12.3. The molecule has 0 radical (unpaired) electrons. The maximum absolute atomic E-state index is 7.06. The highest BCUT2D eigenvalue weighted by Crippen LogP contribution is 2.39. The van der Waals surface area contributed by atoms with E-state index in [1.807, 2.05) is 35.9 Å². The first-order valence-corrected chi connectivity index (χ1v) is 24.6. The van der Waals surface area contributed by atoms with Gasteiger partial charge < -0.3 is 13.3 Å². The van der Waals surface area contributed by atoms with E-state index < -0.39 is 8.07 Å². The van der Waals surface area contributed by atoms with Crippen molar-refractivity contribution >= 4 is 126 Å². The van der Waals surface area contributed by atoms with Gasteiger partial charge in [0, 0.05) is 64.9 Å². The number of fused-ring (bicyclic) bond motifs is 12. The van der Waals surface area contributed by atoms with Crippen molar-refractivity contribution in [2.75, 3.05) is 0 Å². The number of hydrogen-bond donors (Lipinski definition) is 0. The molecule has 0 aliphatic carbocycles. The van der Waals surface area contributed by atoms with Crippen molar-refractivity contribution in [1.29, 1.82) is 0 Å². The van der Waals surface area contributed by atoms with E-state index in [-0.39, 0.29) is 0 Å². The van der Waals surface area contributed by atoms with Gasteiger partial charge >= 0.3 is 0 Å². The summed E-state index contributed by atoms with van der Waals surface area (Å²) in [5, 5.41) is 12.9. The van der Waals surface area contributed by atoms with Crippen LogP contribution >= 0.6 is 11.3 Å². The number of thiophene rings is 1. The van der Waals surface area contributed by atoms with E-state index >= 15 is 0 Å². The Morgan fingerprint density at radius 2 is 0.754 bits per heavy atom.